The fraction of sp³-hybridized carbons (Fsp3) is 0.417. The Labute approximate surface area is 93.7 Å². The molecule has 14 heavy (non-hydrogen) atoms. The van der Waals surface area contributed by atoms with E-state index in [1.807, 2.05) is 18.2 Å². The molecule has 1 aromatic carbocycles. The SMILES string of the molecule is CCC(Cc1ccccc1Br)C(C)=O. The molecule has 0 fully saturated rings. The second-order valence-corrected chi connectivity index (χ2v) is 4.37. The fourth-order valence-electron chi connectivity index (χ4n) is 1.50. The molecule has 76 valence electrons. The van der Waals surface area contributed by atoms with Crippen LogP contribution in [0.25, 0.3) is 0 Å². The highest BCUT2D eigenvalue weighted by atomic mass is 79.9. The lowest BCUT2D eigenvalue weighted by Crippen LogP contribution is -2.12. The Bertz CT molecular complexity index is 320. The summed E-state index contributed by atoms with van der Waals surface area (Å²) in [4.78, 5) is 11.3. The lowest BCUT2D eigenvalue weighted by atomic mass is 9.94. The van der Waals surface area contributed by atoms with E-state index in [0.717, 1.165) is 17.3 Å². The van der Waals surface area contributed by atoms with Crippen LogP contribution in [0.15, 0.2) is 28.7 Å². The van der Waals surface area contributed by atoms with E-state index < -0.39 is 0 Å². The van der Waals surface area contributed by atoms with E-state index in [0.29, 0.717) is 0 Å². The highest BCUT2D eigenvalue weighted by molar-refractivity contribution is 9.10. The number of halogens is 1. The van der Waals surface area contributed by atoms with E-state index in [-0.39, 0.29) is 11.7 Å². The molecule has 0 amide bonds. The van der Waals surface area contributed by atoms with Crippen molar-refractivity contribution in [2.45, 2.75) is 26.7 Å². The molecule has 0 N–H and O–H groups in total. The number of benzene rings is 1. The molecule has 1 rings (SSSR count). The molecule has 0 radical (unpaired) electrons. The molecule has 0 aliphatic carbocycles. The summed E-state index contributed by atoms with van der Waals surface area (Å²) in [5, 5.41) is 0. The van der Waals surface area contributed by atoms with E-state index in [1.54, 1.807) is 6.92 Å². The number of hydrogen-bond donors (Lipinski definition) is 0. The van der Waals surface area contributed by atoms with Crippen molar-refractivity contribution in [2.24, 2.45) is 5.92 Å². The molecule has 1 unspecified atom stereocenters. The van der Waals surface area contributed by atoms with Crippen molar-refractivity contribution in [1.29, 1.82) is 0 Å². The van der Waals surface area contributed by atoms with E-state index in [4.69, 9.17) is 0 Å². The van der Waals surface area contributed by atoms with Gasteiger partial charge in [-0.15, -0.1) is 0 Å². The van der Waals surface area contributed by atoms with Crippen LogP contribution >= 0.6 is 15.9 Å². The van der Waals surface area contributed by atoms with Crippen LogP contribution in [0, 0.1) is 5.92 Å². The zero-order chi connectivity index (χ0) is 10.6. The van der Waals surface area contributed by atoms with E-state index >= 15 is 0 Å². The van der Waals surface area contributed by atoms with Crippen molar-refractivity contribution in [1.82, 2.24) is 0 Å². The lowest BCUT2D eigenvalue weighted by Gasteiger charge is -2.12. The average molecular weight is 255 g/mol. The molecular formula is C12H15BrO. The molecule has 0 aliphatic heterocycles. The minimum Gasteiger partial charge on any atom is -0.300 e. The largest absolute Gasteiger partial charge is 0.300 e. The van der Waals surface area contributed by atoms with E-state index in [1.165, 1.54) is 5.56 Å². The summed E-state index contributed by atoms with van der Waals surface area (Å²) in [5.41, 5.74) is 1.22. The van der Waals surface area contributed by atoms with Gasteiger partial charge in [0.25, 0.3) is 0 Å². The predicted octanol–water partition coefficient (Wildman–Crippen LogP) is 3.61. The van der Waals surface area contributed by atoms with Gasteiger partial charge in [-0.3, -0.25) is 4.79 Å². The van der Waals surface area contributed by atoms with Crippen molar-refractivity contribution >= 4 is 21.7 Å². The second-order valence-electron chi connectivity index (χ2n) is 3.51. The third-order valence-electron chi connectivity index (χ3n) is 2.49. The van der Waals surface area contributed by atoms with Crippen LogP contribution in [0.5, 0.6) is 0 Å². The first kappa shape index (κ1) is 11.4. The summed E-state index contributed by atoms with van der Waals surface area (Å²) in [7, 11) is 0. The van der Waals surface area contributed by atoms with E-state index in [2.05, 4.69) is 28.9 Å². The molecule has 0 bridgehead atoms. The Morgan fingerprint density at radius 3 is 2.57 bits per heavy atom. The minimum absolute atomic E-state index is 0.161. The zero-order valence-corrected chi connectivity index (χ0v) is 10.2. The topological polar surface area (TPSA) is 17.1 Å². The third kappa shape index (κ3) is 2.95. The number of Topliss-reactive ketones (excluding diaryl/α,β-unsaturated/α-hetero) is 1. The summed E-state index contributed by atoms with van der Waals surface area (Å²) in [5.74, 6) is 0.442. The van der Waals surface area contributed by atoms with Gasteiger partial charge >= 0.3 is 0 Å². The van der Waals surface area contributed by atoms with Gasteiger partial charge in [-0.1, -0.05) is 41.1 Å². The molecule has 1 nitrogen and oxygen atoms in total. The molecule has 0 saturated carbocycles. The van der Waals surface area contributed by atoms with Crippen LogP contribution in [-0.4, -0.2) is 5.78 Å². The number of ketones is 1. The highest BCUT2D eigenvalue weighted by Gasteiger charge is 2.13. The van der Waals surface area contributed by atoms with Gasteiger partial charge in [0.2, 0.25) is 0 Å². The van der Waals surface area contributed by atoms with Gasteiger partial charge in [-0.05, 0) is 31.4 Å². The summed E-state index contributed by atoms with van der Waals surface area (Å²) in [6.45, 7) is 3.73. The predicted molar refractivity (Wildman–Crippen MR) is 62.3 cm³/mol. The van der Waals surface area contributed by atoms with Crippen molar-refractivity contribution in [2.75, 3.05) is 0 Å². The quantitative estimate of drug-likeness (QED) is 0.803. The Hall–Kier alpha value is -0.630. The van der Waals surface area contributed by atoms with Gasteiger partial charge in [0.15, 0.2) is 0 Å². The first-order chi connectivity index (χ1) is 6.65. The first-order valence-electron chi connectivity index (χ1n) is 4.89. The number of carbonyl (C=O) groups is 1. The second kappa shape index (κ2) is 5.30. The lowest BCUT2D eigenvalue weighted by molar-refractivity contribution is -0.120. The molecule has 2 heteroatoms. The molecule has 0 saturated heterocycles. The average Bonchev–Trinajstić information content (AvgIpc) is 2.16. The number of hydrogen-bond acceptors (Lipinski definition) is 1. The molecule has 0 aromatic heterocycles. The zero-order valence-electron chi connectivity index (χ0n) is 8.59. The molecule has 1 aromatic rings. The van der Waals surface area contributed by atoms with Crippen molar-refractivity contribution < 1.29 is 4.79 Å². The molecule has 0 aliphatic rings. The summed E-state index contributed by atoms with van der Waals surface area (Å²) < 4.78 is 1.10. The van der Waals surface area contributed by atoms with Crippen LogP contribution in [0.2, 0.25) is 0 Å². The number of carbonyl (C=O) groups excluding carboxylic acids is 1. The Morgan fingerprint density at radius 1 is 1.43 bits per heavy atom. The summed E-state index contributed by atoms with van der Waals surface area (Å²) in [6, 6.07) is 8.08. The van der Waals surface area contributed by atoms with Crippen LogP contribution in [-0.2, 0) is 11.2 Å². The van der Waals surface area contributed by atoms with Gasteiger partial charge in [0.1, 0.15) is 5.78 Å². The Kier molecular flexibility index (Phi) is 4.33. The maximum absolute atomic E-state index is 11.3. The fourth-order valence-corrected chi connectivity index (χ4v) is 1.95. The van der Waals surface area contributed by atoms with Gasteiger partial charge in [-0.2, -0.15) is 0 Å². The van der Waals surface area contributed by atoms with Gasteiger partial charge in [-0.25, -0.2) is 0 Å². The van der Waals surface area contributed by atoms with Crippen LogP contribution in [0.1, 0.15) is 25.8 Å². The van der Waals surface area contributed by atoms with Gasteiger partial charge in [0, 0.05) is 10.4 Å². The van der Waals surface area contributed by atoms with Gasteiger partial charge in [0.05, 0.1) is 0 Å². The van der Waals surface area contributed by atoms with Crippen LogP contribution < -0.4 is 0 Å². The Balaban J connectivity index is 2.77. The number of rotatable bonds is 4. The maximum atomic E-state index is 11.3. The normalized spacial score (nSPS) is 12.5. The van der Waals surface area contributed by atoms with Crippen LogP contribution in [0.4, 0.5) is 0 Å². The van der Waals surface area contributed by atoms with Crippen molar-refractivity contribution in [3.05, 3.63) is 34.3 Å². The maximum Gasteiger partial charge on any atom is 0.133 e. The minimum atomic E-state index is 0.161. The summed E-state index contributed by atoms with van der Waals surface area (Å²) >= 11 is 3.49. The van der Waals surface area contributed by atoms with Crippen LogP contribution in [0.3, 0.4) is 0 Å². The van der Waals surface area contributed by atoms with E-state index in [9.17, 15) is 4.79 Å². The smallest absolute Gasteiger partial charge is 0.133 e. The molecule has 0 spiro atoms. The molecule has 0 heterocycles. The monoisotopic (exact) mass is 254 g/mol. The van der Waals surface area contributed by atoms with Gasteiger partial charge < -0.3 is 0 Å². The third-order valence-corrected chi connectivity index (χ3v) is 3.27. The highest BCUT2D eigenvalue weighted by Crippen LogP contribution is 2.21. The van der Waals surface area contributed by atoms with Crippen molar-refractivity contribution in [3.8, 4) is 0 Å². The first-order valence-corrected chi connectivity index (χ1v) is 5.68. The standard InChI is InChI=1S/C12H15BrO/c1-3-10(9(2)14)8-11-6-4-5-7-12(11)13/h4-7,10H,3,8H2,1-2H3. The Morgan fingerprint density at radius 2 is 2.07 bits per heavy atom. The molecule has 1 atom stereocenters. The summed E-state index contributed by atoms with van der Waals surface area (Å²) in [6.07, 6.45) is 1.75. The molecular weight excluding hydrogens is 240 g/mol. The van der Waals surface area contributed by atoms with Crippen molar-refractivity contribution in [3.63, 3.8) is 0 Å².